The van der Waals surface area contributed by atoms with Crippen LogP contribution in [0.4, 0.5) is 0 Å². The van der Waals surface area contributed by atoms with Crippen molar-refractivity contribution in [3.8, 4) is 0 Å². The molecule has 0 spiro atoms. The summed E-state index contributed by atoms with van der Waals surface area (Å²) in [5, 5.41) is 0. The lowest BCUT2D eigenvalue weighted by atomic mass is 10.5. The fraction of sp³-hybridized carbons (Fsp3) is 0.429. The summed E-state index contributed by atoms with van der Waals surface area (Å²) < 4.78 is 9.97. The maximum atomic E-state index is 5.10. The summed E-state index contributed by atoms with van der Waals surface area (Å²) in [6.07, 6.45) is 1.68. The van der Waals surface area contributed by atoms with E-state index < -0.39 is 0 Å². The van der Waals surface area contributed by atoms with Crippen LogP contribution in [-0.2, 0) is 10.5 Å². The first-order valence-corrected chi connectivity index (χ1v) is 4.18. The Kier molecular flexibility index (Phi) is 3.40. The van der Waals surface area contributed by atoms with Crippen molar-refractivity contribution in [3.63, 3.8) is 0 Å². The first-order valence-electron chi connectivity index (χ1n) is 3.02. The van der Waals surface area contributed by atoms with Crippen LogP contribution in [0, 0.1) is 0 Å². The number of methoxy groups -OCH3 is 1. The van der Waals surface area contributed by atoms with E-state index in [0.717, 1.165) is 17.5 Å². The molecule has 1 rings (SSSR count). The highest BCUT2D eigenvalue weighted by molar-refractivity contribution is 7.98. The molecule has 2 nitrogen and oxygen atoms in total. The largest absolute Gasteiger partial charge is 0.468 e. The zero-order valence-electron chi connectivity index (χ0n) is 5.87. The van der Waals surface area contributed by atoms with Crippen molar-refractivity contribution < 1.29 is 9.15 Å². The molecule has 1 aromatic heterocycles. The molecular weight excluding hydrogens is 148 g/mol. The van der Waals surface area contributed by atoms with Crippen LogP contribution < -0.4 is 0 Å². The van der Waals surface area contributed by atoms with Gasteiger partial charge in [-0.15, -0.1) is 11.8 Å². The summed E-state index contributed by atoms with van der Waals surface area (Å²) in [6.45, 7) is 0. The third-order valence-corrected chi connectivity index (χ3v) is 1.92. The monoisotopic (exact) mass is 158 g/mol. The highest BCUT2D eigenvalue weighted by Gasteiger charge is 1.93. The average Bonchev–Trinajstić information content (AvgIpc) is 2.41. The number of hydrogen-bond acceptors (Lipinski definition) is 3. The Bertz CT molecular complexity index is 160. The molecule has 0 atom stereocenters. The molecular formula is C7H10O2S. The van der Waals surface area contributed by atoms with Gasteiger partial charge >= 0.3 is 0 Å². The summed E-state index contributed by atoms with van der Waals surface area (Å²) >= 11 is 1.69. The molecule has 1 aromatic rings. The first kappa shape index (κ1) is 7.69. The van der Waals surface area contributed by atoms with Crippen molar-refractivity contribution in [1.82, 2.24) is 0 Å². The van der Waals surface area contributed by atoms with Gasteiger partial charge in [0.25, 0.3) is 0 Å². The Morgan fingerprint density at radius 2 is 2.60 bits per heavy atom. The minimum atomic E-state index is 0.723. The van der Waals surface area contributed by atoms with E-state index in [0.29, 0.717) is 0 Å². The van der Waals surface area contributed by atoms with Crippen molar-refractivity contribution in [2.45, 2.75) is 5.75 Å². The molecule has 1 heterocycles. The van der Waals surface area contributed by atoms with Crippen LogP contribution in [0.2, 0.25) is 0 Å². The third-order valence-electron chi connectivity index (χ3n) is 1.03. The lowest BCUT2D eigenvalue weighted by Gasteiger charge is -1.94. The topological polar surface area (TPSA) is 22.4 Å². The molecule has 0 aliphatic rings. The Hall–Kier alpha value is -0.410. The summed E-state index contributed by atoms with van der Waals surface area (Å²) in [7, 11) is 1.69. The molecule has 0 amide bonds. The summed E-state index contributed by atoms with van der Waals surface area (Å²) in [6, 6.07) is 3.85. The lowest BCUT2D eigenvalue weighted by Crippen LogP contribution is -1.82. The second kappa shape index (κ2) is 4.41. The molecule has 56 valence electrons. The van der Waals surface area contributed by atoms with E-state index in [1.54, 1.807) is 25.1 Å². The zero-order valence-corrected chi connectivity index (χ0v) is 6.69. The van der Waals surface area contributed by atoms with Crippen LogP contribution in [0.3, 0.4) is 0 Å². The van der Waals surface area contributed by atoms with E-state index in [9.17, 15) is 0 Å². The maximum Gasteiger partial charge on any atom is 0.113 e. The van der Waals surface area contributed by atoms with Crippen LogP contribution in [0.25, 0.3) is 0 Å². The van der Waals surface area contributed by atoms with Crippen molar-refractivity contribution >= 4 is 11.8 Å². The predicted molar refractivity (Wildman–Crippen MR) is 41.9 cm³/mol. The van der Waals surface area contributed by atoms with Gasteiger partial charge in [-0.1, -0.05) is 0 Å². The van der Waals surface area contributed by atoms with Gasteiger partial charge in [-0.2, -0.15) is 0 Å². The SMILES string of the molecule is COCSCc1ccco1. The van der Waals surface area contributed by atoms with Gasteiger partial charge in [0.15, 0.2) is 0 Å². The van der Waals surface area contributed by atoms with Gasteiger partial charge in [-0.05, 0) is 12.1 Å². The molecule has 0 N–H and O–H groups in total. The molecule has 0 aliphatic carbocycles. The zero-order chi connectivity index (χ0) is 7.23. The molecule has 0 bridgehead atoms. The van der Waals surface area contributed by atoms with Gasteiger partial charge in [0.05, 0.1) is 18.0 Å². The molecule has 0 saturated carbocycles. The summed E-state index contributed by atoms with van der Waals surface area (Å²) in [5.74, 6) is 2.61. The molecule has 0 radical (unpaired) electrons. The van der Waals surface area contributed by atoms with E-state index in [-0.39, 0.29) is 0 Å². The Morgan fingerprint density at radius 3 is 3.20 bits per heavy atom. The Labute approximate surface area is 64.6 Å². The molecule has 0 unspecified atom stereocenters. The molecule has 0 saturated heterocycles. The van der Waals surface area contributed by atoms with Gasteiger partial charge in [-0.3, -0.25) is 0 Å². The van der Waals surface area contributed by atoms with Gasteiger partial charge < -0.3 is 9.15 Å². The number of thioether (sulfide) groups is 1. The standard InChI is InChI=1S/C7H10O2S/c1-8-6-10-5-7-3-2-4-9-7/h2-4H,5-6H2,1H3. The van der Waals surface area contributed by atoms with Crippen molar-refractivity contribution in [3.05, 3.63) is 24.2 Å². The van der Waals surface area contributed by atoms with E-state index in [4.69, 9.17) is 9.15 Å². The van der Waals surface area contributed by atoms with Crippen molar-refractivity contribution in [1.29, 1.82) is 0 Å². The number of ether oxygens (including phenoxy) is 1. The Morgan fingerprint density at radius 1 is 1.70 bits per heavy atom. The van der Waals surface area contributed by atoms with E-state index in [1.165, 1.54) is 0 Å². The van der Waals surface area contributed by atoms with E-state index in [1.807, 2.05) is 12.1 Å². The van der Waals surface area contributed by atoms with Crippen molar-refractivity contribution in [2.75, 3.05) is 13.0 Å². The molecule has 0 fully saturated rings. The summed E-state index contributed by atoms with van der Waals surface area (Å²) in [4.78, 5) is 0. The van der Waals surface area contributed by atoms with Crippen LogP contribution in [0.1, 0.15) is 5.76 Å². The molecule has 0 aromatic carbocycles. The second-order valence-corrected chi connectivity index (χ2v) is 2.77. The molecule has 10 heavy (non-hydrogen) atoms. The lowest BCUT2D eigenvalue weighted by molar-refractivity contribution is 0.258. The minimum absolute atomic E-state index is 0.723. The third kappa shape index (κ3) is 2.45. The maximum absolute atomic E-state index is 5.10. The average molecular weight is 158 g/mol. The highest BCUT2D eigenvalue weighted by Crippen LogP contribution is 2.11. The van der Waals surface area contributed by atoms with Gasteiger partial charge in [0, 0.05) is 7.11 Å². The number of hydrogen-bond donors (Lipinski definition) is 0. The number of furan rings is 1. The van der Waals surface area contributed by atoms with Gasteiger partial charge in [0.2, 0.25) is 0 Å². The van der Waals surface area contributed by atoms with Gasteiger partial charge in [-0.25, -0.2) is 0 Å². The minimum Gasteiger partial charge on any atom is -0.468 e. The normalized spacial score (nSPS) is 10.1. The number of rotatable bonds is 4. The smallest absolute Gasteiger partial charge is 0.113 e. The quantitative estimate of drug-likeness (QED) is 0.495. The van der Waals surface area contributed by atoms with Crippen molar-refractivity contribution in [2.24, 2.45) is 0 Å². The fourth-order valence-corrected chi connectivity index (χ4v) is 1.24. The van der Waals surface area contributed by atoms with E-state index >= 15 is 0 Å². The van der Waals surface area contributed by atoms with Crippen LogP contribution in [0.15, 0.2) is 22.8 Å². The molecule has 0 aliphatic heterocycles. The van der Waals surface area contributed by atoms with Gasteiger partial charge in [0.1, 0.15) is 5.76 Å². The highest BCUT2D eigenvalue weighted by atomic mass is 32.2. The Balaban J connectivity index is 2.15. The first-order chi connectivity index (χ1) is 4.93. The van der Waals surface area contributed by atoms with Crippen LogP contribution in [-0.4, -0.2) is 13.0 Å². The van der Waals surface area contributed by atoms with E-state index in [2.05, 4.69) is 0 Å². The fourth-order valence-electron chi connectivity index (χ4n) is 0.620. The second-order valence-electron chi connectivity index (χ2n) is 1.83. The van der Waals surface area contributed by atoms with Crippen LogP contribution in [0.5, 0.6) is 0 Å². The molecule has 3 heteroatoms. The summed E-state index contributed by atoms with van der Waals surface area (Å²) in [5.41, 5.74) is 0. The van der Waals surface area contributed by atoms with Crippen LogP contribution >= 0.6 is 11.8 Å². The predicted octanol–water partition coefficient (Wildman–Crippen LogP) is 2.12.